The minimum Gasteiger partial charge on any atom is -0.478 e. The maximum atomic E-state index is 10.7. The SMILES string of the molecule is C=C(C)C(=O)OC.C=C(C)C(=O)OCCCC.C=C(CCC1CO1)C(=O)O. The summed E-state index contributed by atoms with van der Waals surface area (Å²) in [7, 11) is 1.33. The highest BCUT2D eigenvalue weighted by Gasteiger charge is 2.22. The Hall–Kier alpha value is -2.41. The zero-order valence-electron chi connectivity index (χ0n) is 16.8. The van der Waals surface area contributed by atoms with Gasteiger partial charge in [-0.25, -0.2) is 14.4 Å². The van der Waals surface area contributed by atoms with Crippen LogP contribution >= 0.6 is 0 Å². The third kappa shape index (κ3) is 18.2. The first-order chi connectivity index (χ1) is 12.6. The maximum absolute atomic E-state index is 10.7. The van der Waals surface area contributed by atoms with Crippen molar-refractivity contribution in [1.82, 2.24) is 0 Å². The van der Waals surface area contributed by atoms with E-state index in [2.05, 4.69) is 31.4 Å². The zero-order chi connectivity index (χ0) is 21.4. The molecule has 0 amide bonds. The molecular weight excluding hydrogens is 352 g/mol. The summed E-state index contributed by atoms with van der Waals surface area (Å²) in [4.78, 5) is 31.1. The van der Waals surface area contributed by atoms with Crippen molar-refractivity contribution in [3.8, 4) is 0 Å². The molecule has 7 nitrogen and oxygen atoms in total. The van der Waals surface area contributed by atoms with E-state index in [9.17, 15) is 14.4 Å². The molecule has 1 aliphatic rings. The van der Waals surface area contributed by atoms with Crippen LogP contribution in [0.3, 0.4) is 0 Å². The Kier molecular flexibility index (Phi) is 15.7. The number of epoxide rings is 1. The maximum Gasteiger partial charge on any atom is 0.333 e. The van der Waals surface area contributed by atoms with Crippen molar-refractivity contribution in [2.75, 3.05) is 20.3 Å². The molecule has 1 aliphatic heterocycles. The first-order valence-corrected chi connectivity index (χ1v) is 8.65. The van der Waals surface area contributed by atoms with E-state index in [1.165, 1.54) is 7.11 Å². The van der Waals surface area contributed by atoms with Crippen LogP contribution in [0.5, 0.6) is 0 Å². The average Bonchev–Trinajstić information content (AvgIpc) is 3.44. The van der Waals surface area contributed by atoms with Gasteiger partial charge >= 0.3 is 17.9 Å². The summed E-state index contributed by atoms with van der Waals surface area (Å²) < 4.78 is 14.0. The predicted octanol–water partition coefficient (Wildman–Crippen LogP) is 3.45. The standard InChI is InChI=1S/C8H14O2.C7H10O3.C5H8O2/c1-4-5-6-10-8(9)7(2)3;1-5(7(8)9)2-3-6-4-10-6;1-4(2)5(6)7-3/h2,4-6H2,1,3H3;6H,1-4H2,(H,8,9);1H2,2-3H3. The molecule has 0 aromatic carbocycles. The quantitative estimate of drug-likeness (QED) is 0.281. The van der Waals surface area contributed by atoms with E-state index in [1.807, 2.05) is 0 Å². The van der Waals surface area contributed by atoms with Crippen molar-refractivity contribution in [2.24, 2.45) is 0 Å². The molecule has 0 aliphatic carbocycles. The van der Waals surface area contributed by atoms with Gasteiger partial charge in [0.15, 0.2) is 0 Å². The van der Waals surface area contributed by atoms with E-state index < -0.39 is 5.97 Å². The number of aliphatic carboxylic acids is 1. The Balaban J connectivity index is 0. The second-order valence-corrected chi connectivity index (χ2v) is 5.94. The van der Waals surface area contributed by atoms with Crippen molar-refractivity contribution in [2.45, 2.75) is 52.6 Å². The number of hydrogen-bond acceptors (Lipinski definition) is 6. The molecule has 154 valence electrons. The summed E-state index contributed by atoms with van der Waals surface area (Å²) in [6.07, 6.45) is 3.62. The van der Waals surface area contributed by atoms with E-state index in [4.69, 9.17) is 14.6 Å². The lowest BCUT2D eigenvalue weighted by molar-refractivity contribution is -0.139. The molecule has 1 N–H and O–H groups in total. The third-order valence-electron chi connectivity index (χ3n) is 3.09. The summed E-state index contributed by atoms with van der Waals surface area (Å²) >= 11 is 0. The smallest absolute Gasteiger partial charge is 0.333 e. The van der Waals surface area contributed by atoms with Crippen LogP contribution < -0.4 is 0 Å². The molecule has 1 heterocycles. The zero-order valence-corrected chi connectivity index (χ0v) is 16.8. The van der Waals surface area contributed by atoms with Crippen LogP contribution in [0.4, 0.5) is 0 Å². The lowest BCUT2D eigenvalue weighted by atomic mass is 10.1. The number of ether oxygens (including phenoxy) is 3. The van der Waals surface area contributed by atoms with E-state index in [-0.39, 0.29) is 17.5 Å². The predicted molar refractivity (Wildman–Crippen MR) is 103 cm³/mol. The topological polar surface area (TPSA) is 102 Å². The fraction of sp³-hybridized carbons (Fsp3) is 0.550. The number of hydrogen-bond donors (Lipinski definition) is 1. The van der Waals surface area contributed by atoms with Gasteiger partial charge in [-0.3, -0.25) is 0 Å². The molecule has 1 atom stereocenters. The first kappa shape index (κ1) is 26.8. The molecule has 0 radical (unpaired) electrons. The van der Waals surface area contributed by atoms with Crippen molar-refractivity contribution >= 4 is 17.9 Å². The van der Waals surface area contributed by atoms with Crippen molar-refractivity contribution in [1.29, 1.82) is 0 Å². The highest BCUT2D eigenvalue weighted by atomic mass is 16.6. The fourth-order valence-electron chi connectivity index (χ4n) is 1.28. The molecular formula is C20H32O7. The highest BCUT2D eigenvalue weighted by molar-refractivity contribution is 5.87. The molecule has 1 saturated heterocycles. The molecule has 0 bridgehead atoms. The van der Waals surface area contributed by atoms with Gasteiger partial charge in [0, 0.05) is 16.7 Å². The van der Waals surface area contributed by atoms with E-state index in [0.717, 1.165) is 25.9 Å². The monoisotopic (exact) mass is 384 g/mol. The second kappa shape index (κ2) is 15.8. The molecule has 0 aromatic rings. The van der Waals surface area contributed by atoms with E-state index in [1.54, 1.807) is 13.8 Å². The van der Waals surface area contributed by atoms with Crippen LogP contribution in [-0.4, -0.2) is 49.4 Å². The molecule has 7 heteroatoms. The number of carbonyl (C=O) groups excluding carboxylic acids is 2. The van der Waals surface area contributed by atoms with Gasteiger partial charge in [-0.1, -0.05) is 33.1 Å². The largest absolute Gasteiger partial charge is 0.478 e. The van der Waals surface area contributed by atoms with Gasteiger partial charge in [-0.2, -0.15) is 0 Å². The number of unbranched alkanes of at least 4 members (excludes halogenated alkanes) is 1. The van der Waals surface area contributed by atoms with Crippen molar-refractivity contribution < 1.29 is 33.7 Å². The van der Waals surface area contributed by atoms with Gasteiger partial charge < -0.3 is 19.3 Å². The summed E-state index contributed by atoms with van der Waals surface area (Å²) in [6.45, 7) is 16.8. The minimum absolute atomic E-state index is 0.274. The van der Waals surface area contributed by atoms with Crippen LogP contribution in [0.15, 0.2) is 36.5 Å². The van der Waals surface area contributed by atoms with Crippen molar-refractivity contribution in [3.05, 3.63) is 36.5 Å². The van der Waals surface area contributed by atoms with E-state index in [0.29, 0.717) is 30.3 Å². The summed E-state index contributed by atoms with van der Waals surface area (Å²) in [5.41, 5.74) is 1.18. The van der Waals surface area contributed by atoms with Crippen LogP contribution in [-0.2, 0) is 28.6 Å². The van der Waals surface area contributed by atoms with Crippen LogP contribution in [0.2, 0.25) is 0 Å². The Bertz CT molecular complexity index is 530. The van der Waals surface area contributed by atoms with Crippen LogP contribution in [0, 0.1) is 0 Å². The molecule has 1 rings (SSSR count). The number of carboxylic acid groups (broad SMARTS) is 1. The number of esters is 2. The fourth-order valence-corrected chi connectivity index (χ4v) is 1.28. The van der Waals surface area contributed by atoms with Crippen molar-refractivity contribution in [3.63, 3.8) is 0 Å². The Morgan fingerprint density at radius 2 is 1.63 bits per heavy atom. The number of methoxy groups -OCH3 is 1. The number of rotatable bonds is 9. The lowest BCUT2D eigenvalue weighted by Crippen LogP contribution is -2.05. The minimum atomic E-state index is -0.902. The molecule has 1 fully saturated rings. The van der Waals surface area contributed by atoms with E-state index >= 15 is 0 Å². The molecule has 0 saturated carbocycles. The average molecular weight is 384 g/mol. The van der Waals surface area contributed by atoms with Crippen LogP contribution in [0.1, 0.15) is 46.5 Å². The normalized spacial score (nSPS) is 13.6. The van der Waals surface area contributed by atoms with Crippen LogP contribution in [0.25, 0.3) is 0 Å². The molecule has 27 heavy (non-hydrogen) atoms. The Morgan fingerprint density at radius 1 is 1.11 bits per heavy atom. The lowest BCUT2D eigenvalue weighted by Gasteiger charge is -2.01. The summed E-state index contributed by atoms with van der Waals surface area (Å²) in [5, 5.41) is 8.37. The molecule has 0 spiro atoms. The second-order valence-electron chi connectivity index (χ2n) is 5.94. The van der Waals surface area contributed by atoms with Gasteiger partial charge in [0.05, 0.1) is 26.4 Å². The number of carbonyl (C=O) groups is 3. The summed E-state index contributed by atoms with van der Waals surface area (Å²) in [5.74, 6) is -1.53. The van der Waals surface area contributed by atoms with Gasteiger partial charge in [0.1, 0.15) is 0 Å². The number of carboxylic acids is 1. The first-order valence-electron chi connectivity index (χ1n) is 8.65. The molecule has 0 aromatic heterocycles. The van der Waals surface area contributed by atoms with Gasteiger partial charge in [0.25, 0.3) is 0 Å². The van der Waals surface area contributed by atoms with Gasteiger partial charge in [-0.05, 0) is 33.1 Å². The third-order valence-corrected chi connectivity index (χ3v) is 3.09. The van der Waals surface area contributed by atoms with Gasteiger partial charge in [0.2, 0.25) is 0 Å². The summed E-state index contributed by atoms with van der Waals surface area (Å²) in [6, 6.07) is 0. The van der Waals surface area contributed by atoms with Gasteiger partial charge in [-0.15, -0.1) is 0 Å². The Labute approximate surface area is 161 Å². The highest BCUT2D eigenvalue weighted by Crippen LogP contribution is 2.17. The molecule has 1 unspecified atom stereocenters. The Morgan fingerprint density at radius 3 is 1.93 bits per heavy atom.